The minimum Gasteiger partial charge on any atom is -0.493 e. The Labute approximate surface area is 132 Å². The lowest BCUT2D eigenvalue weighted by Crippen LogP contribution is -2.20. The van der Waals surface area contributed by atoms with Gasteiger partial charge in [-0.3, -0.25) is 9.59 Å². The van der Waals surface area contributed by atoms with Crippen molar-refractivity contribution in [3.63, 3.8) is 0 Å². The largest absolute Gasteiger partial charge is 0.493 e. The summed E-state index contributed by atoms with van der Waals surface area (Å²) in [6.07, 6.45) is 3.11. The van der Waals surface area contributed by atoms with E-state index >= 15 is 0 Å². The van der Waals surface area contributed by atoms with Crippen LogP contribution in [-0.4, -0.2) is 36.7 Å². The smallest absolute Gasteiger partial charge is 0.287 e. The molecule has 1 aromatic heterocycles. The van der Waals surface area contributed by atoms with Crippen molar-refractivity contribution in [2.24, 2.45) is 10.8 Å². The molecule has 0 radical (unpaired) electrons. The van der Waals surface area contributed by atoms with Crippen LogP contribution in [0.2, 0.25) is 0 Å². The van der Waals surface area contributed by atoms with E-state index in [1.54, 1.807) is 36.5 Å². The minimum atomic E-state index is -0.579. The van der Waals surface area contributed by atoms with Crippen molar-refractivity contribution in [1.82, 2.24) is 10.4 Å². The number of H-pyrrole nitrogens is 1. The van der Waals surface area contributed by atoms with E-state index in [2.05, 4.69) is 15.5 Å². The van der Waals surface area contributed by atoms with Crippen LogP contribution in [0, 0.1) is 0 Å². The van der Waals surface area contributed by atoms with E-state index in [1.165, 1.54) is 13.3 Å². The zero-order chi connectivity index (χ0) is 16.7. The first-order chi connectivity index (χ1) is 11.1. The third-order valence-electron chi connectivity index (χ3n) is 2.78. The molecule has 0 aliphatic heterocycles. The summed E-state index contributed by atoms with van der Waals surface area (Å²) in [5, 5.41) is 3.86. The monoisotopic (exact) mass is 316 g/mol. The number of aromatic amines is 1. The van der Waals surface area contributed by atoms with Crippen molar-refractivity contribution in [1.29, 1.82) is 0 Å². The van der Waals surface area contributed by atoms with E-state index in [9.17, 15) is 9.59 Å². The van der Waals surface area contributed by atoms with Gasteiger partial charge >= 0.3 is 0 Å². The lowest BCUT2D eigenvalue weighted by atomic mass is 10.2. The lowest BCUT2D eigenvalue weighted by molar-refractivity contribution is -0.119. The number of rotatable bonds is 7. The van der Waals surface area contributed by atoms with Crippen LogP contribution < -0.4 is 20.6 Å². The Morgan fingerprint density at radius 1 is 1.35 bits per heavy atom. The van der Waals surface area contributed by atoms with Gasteiger partial charge in [-0.1, -0.05) is 0 Å². The number of aromatic nitrogens is 1. The number of nitrogens with one attached hydrogen (secondary N) is 2. The van der Waals surface area contributed by atoms with Crippen LogP contribution in [0.3, 0.4) is 0 Å². The van der Waals surface area contributed by atoms with E-state index in [4.69, 9.17) is 15.2 Å². The summed E-state index contributed by atoms with van der Waals surface area (Å²) < 4.78 is 10.4. The first-order valence-corrected chi connectivity index (χ1v) is 6.66. The van der Waals surface area contributed by atoms with Gasteiger partial charge in [-0.2, -0.15) is 5.10 Å². The molecule has 0 saturated carbocycles. The van der Waals surface area contributed by atoms with Gasteiger partial charge < -0.3 is 20.2 Å². The number of nitrogens with zero attached hydrogens (tertiary/aromatic N) is 1. The number of nitrogens with two attached hydrogens (primary N) is 1. The van der Waals surface area contributed by atoms with Gasteiger partial charge in [-0.25, -0.2) is 5.43 Å². The van der Waals surface area contributed by atoms with Gasteiger partial charge in [0.1, 0.15) is 5.69 Å². The summed E-state index contributed by atoms with van der Waals surface area (Å²) in [6, 6.07) is 8.33. The van der Waals surface area contributed by atoms with E-state index in [0.717, 1.165) is 0 Å². The van der Waals surface area contributed by atoms with Gasteiger partial charge in [-0.05, 0) is 35.9 Å². The first kappa shape index (κ1) is 16.1. The minimum absolute atomic E-state index is 0.240. The predicted molar refractivity (Wildman–Crippen MR) is 83.5 cm³/mol. The number of benzene rings is 1. The maximum absolute atomic E-state index is 11.7. The molecule has 0 bridgehead atoms. The average Bonchev–Trinajstić information content (AvgIpc) is 3.07. The van der Waals surface area contributed by atoms with Crippen molar-refractivity contribution >= 4 is 18.0 Å². The molecule has 1 aromatic carbocycles. The third-order valence-corrected chi connectivity index (χ3v) is 2.78. The normalized spacial score (nSPS) is 10.5. The predicted octanol–water partition coefficient (Wildman–Crippen LogP) is 0.651. The zero-order valence-corrected chi connectivity index (χ0v) is 12.4. The molecular formula is C15H16N4O4. The molecule has 2 amide bonds. The third kappa shape index (κ3) is 4.60. The van der Waals surface area contributed by atoms with Gasteiger partial charge in [0.05, 0.1) is 13.3 Å². The number of hydrazone groups is 1. The van der Waals surface area contributed by atoms with Crippen molar-refractivity contribution < 1.29 is 19.1 Å². The molecule has 8 heteroatoms. The van der Waals surface area contributed by atoms with Crippen molar-refractivity contribution in [3.8, 4) is 11.5 Å². The van der Waals surface area contributed by atoms with Crippen LogP contribution in [0.4, 0.5) is 0 Å². The molecule has 23 heavy (non-hydrogen) atoms. The van der Waals surface area contributed by atoms with Crippen LogP contribution in [0.15, 0.2) is 41.6 Å². The Kier molecular flexibility index (Phi) is 5.35. The summed E-state index contributed by atoms with van der Waals surface area (Å²) in [5.41, 5.74) is 8.51. The number of carbonyl (C=O) groups excluding carboxylic acids is 2. The molecular weight excluding hydrogens is 300 g/mol. The highest BCUT2D eigenvalue weighted by Crippen LogP contribution is 2.27. The molecule has 2 aromatic rings. The number of hydrogen-bond acceptors (Lipinski definition) is 5. The van der Waals surface area contributed by atoms with Crippen molar-refractivity contribution in [3.05, 3.63) is 47.8 Å². The number of hydrogen-bond donors (Lipinski definition) is 3. The highest BCUT2D eigenvalue weighted by molar-refractivity contribution is 5.93. The molecule has 2 rings (SSSR count). The van der Waals surface area contributed by atoms with Gasteiger partial charge in [0.25, 0.3) is 11.8 Å². The van der Waals surface area contributed by atoms with Crippen LogP contribution in [0.25, 0.3) is 0 Å². The highest BCUT2D eigenvalue weighted by atomic mass is 16.5. The van der Waals surface area contributed by atoms with Gasteiger partial charge in [-0.15, -0.1) is 0 Å². The van der Waals surface area contributed by atoms with E-state index in [1.807, 2.05) is 0 Å². The van der Waals surface area contributed by atoms with Crippen molar-refractivity contribution in [2.45, 2.75) is 0 Å². The van der Waals surface area contributed by atoms with Gasteiger partial charge in [0, 0.05) is 6.20 Å². The molecule has 120 valence electrons. The van der Waals surface area contributed by atoms with E-state index in [0.29, 0.717) is 22.8 Å². The molecule has 0 aliphatic carbocycles. The van der Waals surface area contributed by atoms with Crippen LogP contribution in [0.1, 0.15) is 16.1 Å². The second-order valence-corrected chi connectivity index (χ2v) is 4.45. The Hall–Kier alpha value is -3.29. The van der Waals surface area contributed by atoms with Crippen LogP contribution in [-0.2, 0) is 4.79 Å². The molecule has 1 heterocycles. The fraction of sp³-hybridized carbons (Fsp3) is 0.133. The zero-order valence-electron chi connectivity index (χ0n) is 12.4. The Morgan fingerprint density at radius 3 is 2.83 bits per heavy atom. The van der Waals surface area contributed by atoms with E-state index < -0.39 is 5.91 Å². The fourth-order valence-electron chi connectivity index (χ4n) is 1.73. The molecule has 0 spiro atoms. The summed E-state index contributed by atoms with van der Waals surface area (Å²) in [5.74, 6) is -0.117. The molecule has 0 saturated heterocycles. The molecule has 0 unspecified atom stereocenters. The molecule has 4 N–H and O–H groups in total. The second-order valence-electron chi connectivity index (χ2n) is 4.45. The molecule has 0 aliphatic rings. The molecule has 8 nitrogen and oxygen atoms in total. The highest BCUT2D eigenvalue weighted by Gasteiger charge is 2.07. The Morgan fingerprint density at radius 2 is 2.17 bits per heavy atom. The quantitative estimate of drug-likeness (QED) is 0.513. The second kappa shape index (κ2) is 7.64. The number of amides is 2. The number of methoxy groups -OCH3 is 1. The first-order valence-electron chi connectivity index (χ1n) is 6.66. The van der Waals surface area contributed by atoms with Gasteiger partial charge in [0.2, 0.25) is 0 Å². The summed E-state index contributed by atoms with van der Waals surface area (Å²) >= 11 is 0. The number of ether oxygens (including phenoxy) is 2. The Bertz CT molecular complexity index is 710. The summed E-state index contributed by atoms with van der Waals surface area (Å²) in [4.78, 5) is 25.2. The summed E-state index contributed by atoms with van der Waals surface area (Å²) in [7, 11) is 1.47. The Balaban J connectivity index is 2.01. The number of primary amides is 1. The standard InChI is InChI=1S/C15H16N4O4/c1-22-13-7-10(4-5-12(13)23-9-14(16)20)8-18-19-15(21)11-3-2-6-17-11/h2-8,17H,9H2,1H3,(H2,16,20)(H,19,21)/b18-8-. The van der Waals surface area contributed by atoms with Crippen LogP contribution in [0.5, 0.6) is 11.5 Å². The van der Waals surface area contributed by atoms with Gasteiger partial charge in [0.15, 0.2) is 18.1 Å². The lowest BCUT2D eigenvalue weighted by Gasteiger charge is -2.09. The SMILES string of the molecule is COc1cc(/C=N\NC(=O)c2ccc[nH]2)ccc1OCC(N)=O. The van der Waals surface area contributed by atoms with E-state index in [-0.39, 0.29) is 12.5 Å². The molecule has 0 atom stereocenters. The number of carbonyl (C=O) groups is 2. The fourth-order valence-corrected chi connectivity index (χ4v) is 1.73. The maximum Gasteiger partial charge on any atom is 0.287 e. The van der Waals surface area contributed by atoms with Crippen LogP contribution >= 0.6 is 0 Å². The maximum atomic E-state index is 11.7. The topological polar surface area (TPSA) is 119 Å². The summed E-state index contributed by atoms with van der Waals surface area (Å²) in [6.45, 7) is -0.240. The van der Waals surface area contributed by atoms with Crippen molar-refractivity contribution in [2.75, 3.05) is 13.7 Å². The molecule has 0 fully saturated rings. The average molecular weight is 316 g/mol.